The van der Waals surface area contributed by atoms with Gasteiger partial charge in [0.15, 0.2) is 5.17 Å². The zero-order valence-corrected chi connectivity index (χ0v) is 13.3. The maximum Gasteiger partial charge on any atom is 0.161 e. The number of hydrogen-bond acceptors (Lipinski definition) is 3. The first-order chi connectivity index (χ1) is 9.05. The lowest BCUT2D eigenvalue weighted by atomic mass is 10.1. The van der Waals surface area contributed by atoms with E-state index in [1.54, 1.807) is 11.8 Å². The molecule has 0 unspecified atom stereocenters. The van der Waals surface area contributed by atoms with Gasteiger partial charge < -0.3 is 5.32 Å². The summed E-state index contributed by atoms with van der Waals surface area (Å²) in [5.41, 5.74) is 1.15. The van der Waals surface area contributed by atoms with Crippen LogP contribution in [0.15, 0.2) is 45.9 Å². The molecular formula is C15H15BrN2S. The van der Waals surface area contributed by atoms with Gasteiger partial charge in [-0.2, -0.15) is 0 Å². The topological polar surface area (TPSA) is 24.4 Å². The van der Waals surface area contributed by atoms with E-state index in [0.29, 0.717) is 0 Å². The standard InChI is InChI=1S/C15H15BrN2S/c1-15(2)9-19-14(18-15)17-13-8-7-12(16)10-5-3-4-6-11(10)13/h3-8H,9H2,1-2H3,(H,17,18). The molecule has 0 fully saturated rings. The van der Waals surface area contributed by atoms with Crippen molar-refractivity contribution >= 4 is 49.3 Å². The first kappa shape index (κ1) is 13.0. The number of rotatable bonds is 1. The van der Waals surface area contributed by atoms with Gasteiger partial charge in [-0.3, -0.25) is 4.99 Å². The lowest BCUT2D eigenvalue weighted by Gasteiger charge is -2.11. The quantitative estimate of drug-likeness (QED) is 0.802. The van der Waals surface area contributed by atoms with E-state index in [-0.39, 0.29) is 5.54 Å². The first-order valence-electron chi connectivity index (χ1n) is 6.22. The number of fused-ring (bicyclic) bond motifs is 1. The Labute approximate surface area is 125 Å². The van der Waals surface area contributed by atoms with Gasteiger partial charge in [0.25, 0.3) is 0 Å². The molecular weight excluding hydrogens is 320 g/mol. The highest BCUT2D eigenvalue weighted by atomic mass is 79.9. The zero-order valence-electron chi connectivity index (χ0n) is 10.9. The van der Waals surface area contributed by atoms with Gasteiger partial charge in [-0.25, -0.2) is 0 Å². The van der Waals surface area contributed by atoms with E-state index >= 15 is 0 Å². The van der Waals surface area contributed by atoms with Gasteiger partial charge in [-0.1, -0.05) is 52.0 Å². The van der Waals surface area contributed by atoms with Crippen LogP contribution < -0.4 is 5.32 Å². The summed E-state index contributed by atoms with van der Waals surface area (Å²) >= 11 is 5.38. The molecule has 0 atom stereocenters. The summed E-state index contributed by atoms with van der Waals surface area (Å²) in [4.78, 5) is 4.70. The number of nitrogens with one attached hydrogen (secondary N) is 1. The second kappa shape index (κ2) is 4.84. The van der Waals surface area contributed by atoms with Crippen molar-refractivity contribution in [1.82, 2.24) is 0 Å². The summed E-state index contributed by atoms with van der Waals surface area (Å²) in [5, 5.41) is 6.90. The average molecular weight is 335 g/mol. The molecule has 1 aliphatic rings. The highest BCUT2D eigenvalue weighted by molar-refractivity contribution is 9.10. The fraction of sp³-hybridized carbons (Fsp3) is 0.267. The van der Waals surface area contributed by atoms with E-state index in [1.165, 1.54) is 10.8 Å². The Bertz CT molecular complexity index is 664. The van der Waals surface area contributed by atoms with Gasteiger partial charge in [0.05, 0.1) is 5.54 Å². The van der Waals surface area contributed by atoms with Crippen LogP contribution in [0.2, 0.25) is 0 Å². The summed E-state index contributed by atoms with van der Waals surface area (Å²) in [6.45, 7) is 4.32. The molecule has 0 aliphatic carbocycles. The van der Waals surface area contributed by atoms with Crippen LogP contribution in [0, 0.1) is 0 Å². The van der Waals surface area contributed by atoms with Crippen molar-refractivity contribution in [3.05, 3.63) is 40.9 Å². The minimum absolute atomic E-state index is 0.0398. The summed E-state index contributed by atoms with van der Waals surface area (Å²) < 4.78 is 1.12. The number of benzene rings is 2. The van der Waals surface area contributed by atoms with Crippen LogP contribution >= 0.6 is 27.7 Å². The Morgan fingerprint density at radius 1 is 1.16 bits per heavy atom. The molecule has 1 heterocycles. The van der Waals surface area contributed by atoms with Crippen LogP contribution in [0.5, 0.6) is 0 Å². The Morgan fingerprint density at radius 3 is 2.58 bits per heavy atom. The van der Waals surface area contributed by atoms with Gasteiger partial charge >= 0.3 is 0 Å². The second-order valence-electron chi connectivity index (χ2n) is 5.28. The minimum atomic E-state index is 0.0398. The molecule has 2 nitrogen and oxygen atoms in total. The molecule has 19 heavy (non-hydrogen) atoms. The lowest BCUT2D eigenvalue weighted by Crippen LogP contribution is -2.15. The Kier molecular flexibility index (Phi) is 3.31. The Balaban J connectivity index is 2.01. The predicted molar refractivity (Wildman–Crippen MR) is 89.2 cm³/mol. The molecule has 2 aromatic carbocycles. The van der Waals surface area contributed by atoms with Crippen molar-refractivity contribution < 1.29 is 0 Å². The average Bonchev–Trinajstić information content (AvgIpc) is 2.73. The molecule has 4 heteroatoms. The number of halogens is 1. The molecule has 1 N–H and O–H groups in total. The van der Waals surface area contributed by atoms with Crippen LogP contribution in [-0.4, -0.2) is 16.5 Å². The van der Waals surface area contributed by atoms with E-state index in [4.69, 9.17) is 4.99 Å². The molecule has 0 saturated carbocycles. The predicted octanol–water partition coefficient (Wildman–Crippen LogP) is 4.90. The molecule has 0 saturated heterocycles. The molecule has 98 valence electrons. The third kappa shape index (κ3) is 2.65. The fourth-order valence-electron chi connectivity index (χ4n) is 2.13. The van der Waals surface area contributed by atoms with E-state index in [0.717, 1.165) is 21.1 Å². The van der Waals surface area contributed by atoms with Crippen molar-refractivity contribution in [2.24, 2.45) is 4.99 Å². The summed E-state index contributed by atoms with van der Waals surface area (Å²) in [6.07, 6.45) is 0. The number of aliphatic imine (C=N–C) groups is 1. The maximum atomic E-state index is 4.70. The Hall–Kier alpha value is -1.00. The molecule has 3 rings (SSSR count). The van der Waals surface area contributed by atoms with Crippen molar-refractivity contribution in [3.63, 3.8) is 0 Å². The number of hydrogen-bond donors (Lipinski definition) is 1. The molecule has 2 aromatic rings. The van der Waals surface area contributed by atoms with E-state index in [2.05, 4.69) is 71.5 Å². The van der Waals surface area contributed by atoms with E-state index < -0.39 is 0 Å². The third-order valence-corrected chi connectivity index (χ3v) is 5.09. The molecule has 0 radical (unpaired) electrons. The lowest BCUT2D eigenvalue weighted by molar-refractivity contribution is 0.605. The van der Waals surface area contributed by atoms with Crippen LogP contribution in [0.4, 0.5) is 5.69 Å². The summed E-state index contributed by atoms with van der Waals surface area (Å²) in [5.74, 6) is 1.03. The molecule has 0 bridgehead atoms. The van der Waals surface area contributed by atoms with Crippen molar-refractivity contribution in [2.45, 2.75) is 19.4 Å². The fourth-order valence-corrected chi connectivity index (χ4v) is 3.66. The van der Waals surface area contributed by atoms with Gasteiger partial charge in [-0.05, 0) is 31.4 Å². The van der Waals surface area contributed by atoms with E-state index in [1.807, 2.05) is 0 Å². The van der Waals surface area contributed by atoms with Crippen LogP contribution in [0.3, 0.4) is 0 Å². The molecule has 0 amide bonds. The van der Waals surface area contributed by atoms with Crippen molar-refractivity contribution in [3.8, 4) is 0 Å². The maximum absolute atomic E-state index is 4.70. The third-order valence-electron chi connectivity index (χ3n) is 3.08. The first-order valence-corrected chi connectivity index (χ1v) is 8.00. The van der Waals surface area contributed by atoms with Gasteiger partial charge in [0, 0.05) is 21.3 Å². The number of nitrogens with zero attached hydrogens (tertiary/aromatic N) is 1. The number of amidine groups is 1. The minimum Gasteiger partial charge on any atom is -0.334 e. The van der Waals surface area contributed by atoms with Gasteiger partial charge in [0.2, 0.25) is 0 Å². The molecule has 0 aromatic heterocycles. The van der Waals surface area contributed by atoms with Crippen LogP contribution in [-0.2, 0) is 0 Å². The highest BCUT2D eigenvalue weighted by Crippen LogP contribution is 2.33. The normalized spacial score (nSPS) is 17.5. The van der Waals surface area contributed by atoms with Crippen LogP contribution in [0.25, 0.3) is 10.8 Å². The highest BCUT2D eigenvalue weighted by Gasteiger charge is 2.25. The summed E-state index contributed by atoms with van der Waals surface area (Å²) in [6, 6.07) is 12.6. The molecule has 0 spiro atoms. The zero-order chi connectivity index (χ0) is 13.5. The summed E-state index contributed by atoms with van der Waals surface area (Å²) in [7, 11) is 0. The largest absolute Gasteiger partial charge is 0.334 e. The number of anilines is 1. The van der Waals surface area contributed by atoms with E-state index in [9.17, 15) is 0 Å². The monoisotopic (exact) mass is 334 g/mol. The van der Waals surface area contributed by atoms with Gasteiger partial charge in [0.1, 0.15) is 0 Å². The Morgan fingerprint density at radius 2 is 1.89 bits per heavy atom. The number of thioether (sulfide) groups is 1. The second-order valence-corrected chi connectivity index (χ2v) is 7.10. The smallest absolute Gasteiger partial charge is 0.161 e. The van der Waals surface area contributed by atoms with Crippen molar-refractivity contribution in [1.29, 1.82) is 0 Å². The van der Waals surface area contributed by atoms with Crippen molar-refractivity contribution in [2.75, 3.05) is 11.1 Å². The molecule has 1 aliphatic heterocycles. The van der Waals surface area contributed by atoms with Gasteiger partial charge in [-0.15, -0.1) is 0 Å². The van der Waals surface area contributed by atoms with Crippen LogP contribution in [0.1, 0.15) is 13.8 Å². The SMILES string of the molecule is CC1(C)CSC(Nc2ccc(Br)c3ccccc23)=N1.